The van der Waals surface area contributed by atoms with Crippen molar-refractivity contribution in [2.45, 2.75) is 23.9 Å². The summed E-state index contributed by atoms with van der Waals surface area (Å²) in [6, 6.07) is 27.1. The van der Waals surface area contributed by atoms with Gasteiger partial charge in [-0.05, 0) is 54.1 Å². The maximum atomic E-state index is 14.3. The quantitative estimate of drug-likeness (QED) is 0.210. The number of halogens is 3. The van der Waals surface area contributed by atoms with Crippen LogP contribution in [0.3, 0.4) is 0 Å². The second kappa shape index (κ2) is 14.1. The minimum atomic E-state index is -4.21. The number of carbonyl (C=O) groups excluding carboxylic acids is 2. The average Bonchev–Trinajstić information content (AvgIpc) is 3.00. The van der Waals surface area contributed by atoms with Crippen LogP contribution in [-0.2, 0) is 32.6 Å². The molecule has 0 unspecified atom stereocenters. The molecule has 0 spiro atoms. The second-order valence-electron chi connectivity index (χ2n) is 9.34. The van der Waals surface area contributed by atoms with Crippen molar-refractivity contribution in [3.8, 4) is 0 Å². The summed E-state index contributed by atoms with van der Waals surface area (Å²) in [6.45, 7) is -0.745. The topological polar surface area (TPSA) is 86.8 Å². The van der Waals surface area contributed by atoms with Crippen LogP contribution in [0.25, 0.3) is 0 Å². The van der Waals surface area contributed by atoms with E-state index in [1.165, 1.54) is 36.2 Å². The van der Waals surface area contributed by atoms with Gasteiger partial charge in [-0.2, -0.15) is 0 Å². The van der Waals surface area contributed by atoms with Gasteiger partial charge in [-0.25, -0.2) is 8.42 Å². The summed E-state index contributed by atoms with van der Waals surface area (Å²) in [5, 5.41) is 3.66. The molecule has 0 aliphatic rings. The number of carbonyl (C=O) groups is 2. The molecule has 4 rings (SSSR count). The Morgan fingerprint density at radius 3 is 1.93 bits per heavy atom. The van der Waals surface area contributed by atoms with Gasteiger partial charge in [0.15, 0.2) is 0 Å². The number of hydrogen-bond donors (Lipinski definition) is 1. The van der Waals surface area contributed by atoms with Gasteiger partial charge >= 0.3 is 0 Å². The van der Waals surface area contributed by atoms with Gasteiger partial charge in [0, 0.05) is 40.6 Å². The molecule has 0 saturated heterocycles. The third-order valence-corrected chi connectivity index (χ3v) is 9.38. The third kappa shape index (κ3) is 7.44. The lowest BCUT2D eigenvalue weighted by molar-refractivity contribution is -0.139. The van der Waals surface area contributed by atoms with Crippen molar-refractivity contribution in [3.05, 3.63) is 129 Å². The van der Waals surface area contributed by atoms with Crippen LogP contribution >= 0.6 is 34.8 Å². The molecule has 0 aliphatic heterocycles. The Balaban J connectivity index is 1.81. The summed E-state index contributed by atoms with van der Waals surface area (Å²) in [7, 11) is -2.73. The first kappa shape index (κ1) is 31.4. The first-order valence-corrected chi connectivity index (χ1v) is 15.5. The Morgan fingerprint density at radius 1 is 0.786 bits per heavy atom. The smallest absolute Gasteiger partial charge is 0.264 e. The normalized spacial score (nSPS) is 11.9. The molecular formula is C31H28Cl3N3O4S. The van der Waals surface area contributed by atoms with E-state index in [-0.39, 0.29) is 23.5 Å². The Labute approximate surface area is 260 Å². The van der Waals surface area contributed by atoms with Crippen LogP contribution in [0.1, 0.15) is 11.1 Å². The van der Waals surface area contributed by atoms with Crippen LogP contribution < -0.4 is 9.62 Å². The fourth-order valence-electron chi connectivity index (χ4n) is 4.43. The molecule has 0 bridgehead atoms. The van der Waals surface area contributed by atoms with Crippen molar-refractivity contribution in [3.63, 3.8) is 0 Å². The predicted molar refractivity (Wildman–Crippen MR) is 167 cm³/mol. The van der Waals surface area contributed by atoms with Crippen molar-refractivity contribution in [1.82, 2.24) is 10.2 Å². The molecule has 42 heavy (non-hydrogen) atoms. The standard InChI is InChI=1S/C31H28Cl3N3O4S/c1-35-31(39)29(19-22-9-4-2-5-10-22)36(20-26-27(33)13-8-14-28(26)34)30(38)21-37(24-17-15-23(32)16-18-24)42(40,41)25-11-6-3-7-12-25/h2-18,29H,19-21H2,1H3,(H,35,39)/t29-/m0/s1. The highest BCUT2D eigenvalue weighted by molar-refractivity contribution is 7.92. The van der Waals surface area contributed by atoms with E-state index in [9.17, 15) is 18.0 Å². The molecule has 0 saturated carbocycles. The van der Waals surface area contributed by atoms with Crippen molar-refractivity contribution >= 4 is 62.3 Å². The summed E-state index contributed by atoms with van der Waals surface area (Å²) in [4.78, 5) is 28.9. The Kier molecular flexibility index (Phi) is 10.5. The van der Waals surface area contributed by atoms with Crippen LogP contribution in [0.5, 0.6) is 0 Å². The number of anilines is 1. The zero-order chi connectivity index (χ0) is 30.3. The van der Waals surface area contributed by atoms with Gasteiger partial charge in [-0.15, -0.1) is 0 Å². The predicted octanol–water partition coefficient (Wildman–Crippen LogP) is 6.23. The highest BCUT2D eigenvalue weighted by Crippen LogP contribution is 2.29. The zero-order valence-corrected chi connectivity index (χ0v) is 25.7. The van der Waals surface area contributed by atoms with Crippen molar-refractivity contribution < 1.29 is 18.0 Å². The summed E-state index contributed by atoms with van der Waals surface area (Å²) < 4.78 is 28.8. The molecule has 0 fully saturated rings. The van der Waals surface area contributed by atoms with Crippen LogP contribution in [-0.4, -0.2) is 44.8 Å². The number of rotatable bonds is 11. The Bertz CT molecular complexity index is 1620. The molecule has 1 atom stereocenters. The summed E-state index contributed by atoms with van der Waals surface area (Å²) >= 11 is 19.0. The molecule has 0 heterocycles. The molecule has 1 N–H and O–H groups in total. The number of benzene rings is 4. The summed E-state index contributed by atoms with van der Waals surface area (Å²) in [5.74, 6) is -1.07. The molecule has 0 radical (unpaired) electrons. The van der Waals surface area contributed by atoms with E-state index < -0.39 is 34.4 Å². The van der Waals surface area contributed by atoms with Gasteiger partial charge in [-0.3, -0.25) is 13.9 Å². The molecule has 218 valence electrons. The molecule has 0 aliphatic carbocycles. The third-order valence-electron chi connectivity index (χ3n) is 6.63. The van der Waals surface area contributed by atoms with E-state index in [0.717, 1.165) is 9.87 Å². The maximum Gasteiger partial charge on any atom is 0.264 e. The molecular weight excluding hydrogens is 617 g/mol. The van der Waals surface area contributed by atoms with E-state index in [0.29, 0.717) is 20.6 Å². The largest absolute Gasteiger partial charge is 0.357 e. The summed E-state index contributed by atoms with van der Waals surface area (Å²) in [5.41, 5.74) is 1.47. The van der Waals surface area contributed by atoms with Gasteiger partial charge < -0.3 is 10.2 Å². The minimum absolute atomic E-state index is 0.000542. The molecule has 11 heteroatoms. The van der Waals surface area contributed by atoms with E-state index in [1.807, 2.05) is 30.3 Å². The summed E-state index contributed by atoms with van der Waals surface area (Å²) in [6.07, 6.45) is 0.167. The van der Waals surface area contributed by atoms with E-state index in [4.69, 9.17) is 34.8 Å². The minimum Gasteiger partial charge on any atom is -0.357 e. The number of sulfonamides is 1. The van der Waals surface area contributed by atoms with Crippen LogP contribution in [0, 0.1) is 0 Å². The molecule has 7 nitrogen and oxygen atoms in total. The van der Waals surface area contributed by atoms with Gasteiger partial charge in [0.2, 0.25) is 11.8 Å². The fourth-order valence-corrected chi connectivity index (χ4v) is 6.51. The van der Waals surface area contributed by atoms with E-state index >= 15 is 0 Å². The molecule has 4 aromatic carbocycles. The number of hydrogen-bond acceptors (Lipinski definition) is 4. The SMILES string of the molecule is CNC(=O)[C@H](Cc1ccccc1)N(Cc1c(Cl)cccc1Cl)C(=O)CN(c1ccc(Cl)cc1)S(=O)(=O)c1ccccc1. The van der Waals surface area contributed by atoms with Gasteiger partial charge in [0.25, 0.3) is 10.0 Å². The fraction of sp³-hybridized carbons (Fsp3) is 0.161. The lowest BCUT2D eigenvalue weighted by Crippen LogP contribution is -2.53. The lowest BCUT2D eigenvalue weighted by atomic mass is 10.0. The van der Waals surface area contributed by atoms with Gasteiger partial charge in [-0.1, -0.05) is 89.4 Å². The highest BCUT2D eigenvalue weighted by Gasteiger charge is 2.34. The van der Waals surface area contributed by atoms with Crippen molar-refractivity contribution in [1.29, 1.82) is 0 Å². The highest BCUT2D eigenvalue weighted by atomic mass is 35.5. The zero-order valence-electron chi connectivity index (χ0n) is 22.6. The van der Waals surface area contributed by atoms with Gasteiger partial charge in [0.1, 0.15) is 12.6 Å². The van der Waals surface area contributed by atoms with Crippen molar-refractivity contribution in [2.24, 2.45) is 0 Å². The molecule has 0 aromatic heterocycles. The maximum absolute atomic E-state index is 14.3. The Morgan fingerprint density at radius 2 is 1.36 bits per heavy atom. The number of amides is 2. The Hall–Kier alpha value is -3.56. The van der Waals surface area contributed by atoms with E-state index in [1.54, 1.807) is 48.5 Å². The monoisotopic (exact) mass is 643 g/mol. The number of nitrogens with zero attached hydrogens (tertiary/aromatic N) is 2. The van der Waals surface area contributed by atoms with E-state index in [2.05, 4.69) is 5.32 Å². The first-order chi connectivity index (χ1) is 20.1. The van der Waals surface area contributed by atoms with Crippen molar-refractivity contribution in [2.75, 3.05) is 17.9 Å². The van der Waals surface area contributed by atoms with Gasteiger partial charge in [0.05, 0.1) is 10.6 Å². The number of likely N-dealkylation sites (N-methyl/N-ethyl adjacent to an activating group) is 1. The lowest BCUT2D eigenvalue weighted by Gasteiger charge is -2.34. The molecule has 2 amide bonds. The van der Waals surface area contributed by atoms with Crippen LogP contribution in [0.2, 0.25) is 15.1 Å². The van der Waals surface area contributed by atoms with Crippen LogP contribution in [0.15, 0.2) is 108 Å². The second-order valence-corrected chi connectivity index (χ2v) is 12.5. The van der Waals surface area contributed by atoms with Crippen LogP contribution in [0.4, 0.5) is 5.69 Å². The first-order valence-electron chi connectivity index (χ1n) is 12.9. The molecule has 4 aromatic rings. The number of nitrogens with one attached hydrogen (secondary N) is 1. The average molecular weight is 645 g/mol.